The highest BCUT2D eigenvalue weighted by Crippen LogP contribution is 2.35. The number of rotatable bonds is 10. The third kappa shape index (κ3) is 5.98. The van der Waals surface area contributed by atoms with Gasteiger partial charge in [0.15, 0.2) is 0 Å². The predicted octanol–water partition coefficient (Wildman–Crippen LogP) is 5.11. The zero-order valence-electron chi connectivity index (χ0n) is 21.5. The average molecular weight is 531 g/mol. The van der Waals surface area contributed by atoms with E-state index in [-0.39, 0.29) is 16.3 Å². The number of carbonyl (C=O) groups excluding carboxylic acids is 1. The molecule has 1 atom stereocenters. The number of anilines is 1. The second-order valence-corrected chi connectivity index (χ2v) is 10.5. The Morgan fingerprint density at radius 2 is 1.42 bits per heavy atom. The van der Waals surface area contributed by atoms with Gasteiger partial charge in [-0.25, -0.2) is 8.42 Å². The lowest BCUT2D eigenvalue weighted by Gasteiger charge is -2.27. The summed E-state index contributed by atoms with van der Waals surface area (Å²) in [4.78, 5) is 13.6. The van der Waals surface area contributed by atoms with Gasteiger partial charge in [-0.1, -0.05) is 78.4 Å². The number of ether oxygens (including phenoxy) is 2. The van der Waals surface area contributed by atoms with Gasteiger partial charge >= 0.3 is 0 Å². The smallest absolute Gasteiger partial charge is 0.264 e. The van der Waals surface area contributed by atoms with Crippen LogP contribution in [0.2, 0.25) is 0 Å². The van der Waals surface area contributed by atoms with Crippen LogP contribution in [-0.4, -0.2) is 35.1 Å². The Morgan fingerprint density at radius 3 is 2.03 bits per heavy atom. The molecule has 8 heteroatoms. The summed E-state index contributed by atoms with van der Waals surface area (Å²) >= 11 is 0. The van der Waals surface area contributed by atoms with Gasteiger partial charge in [0.05, 0.1) is 30.8 Å². The van der Waals surface area contributed by atoms with Gasteiger partial charge in [0.25, 0.3) is 10.0 Å². The summed E-state index contributed by atoms with van der Waals surface area (Å²) in [6.07, 6.45) is 0. The molecule has 0 aliphatic carbocycles. The lowest BCUT2D eigenvalue weighted by molar-refractivity contribution is -0.120. The fourth-order valence-corrected chi connectivity index (χ4v) is 5.56. The van der Waals surface area contributed by atoms with Crippen LogP contribution in [0.1, 0.15) is 22.7 Å². The van der Waals surface area contributed by atoms with Crippen LogP contribution in [0.4, 0.5) is 5.69 Å². The molecule has 0 spiro atoms. The molecule has 0 aliphatic heterocycles. The van der Waals surface area contributed by atoms with Crippen LogP contribution in [0.25, 0.3) is 0 Å². The van der Waals surface area contributed by atoms with Crippen molar-refractivity contribution in [3.8, 4) is 11.5 Å². The van der Waals surface area contributed by atoms with Crippen molar-refractivity contribution in [2.45, 2.75) is 17.9 Å². The number of sulfonamides is 1. The molecule has 0 saturated carbocycles. The Bertz CT molecular complexity index is 1470. The highest BCUT2D eigenvalue weighted by molar-refractivity contribution is 7.92. The largest absolute Gasteiger partial charge is 0.497 e. The van der Waals surface area contributed by atoms with E-state index in [2.05, 4.69) is 5.32 Å². The molecule has 4 rings (SSSR count). The van der Waals surface area contributed by atoms with Gasteiger partial charge in [0, 0.05) is 6.07 Å². The second-order valence-electron chi connectivity index (χ2n) is 8.68. The molecule has 0 saturated heterocycles. The van der Waals surface area contributed by atoms with Crippen LogP contribution in [-0.2, 0) is 14.8 Å². The summed E-state index contributed by atoms with van der Waals surface area (Å²) in [5.41, 5.74) is 3.04. The van der Waals surface area contributed by atoms with Crippen molar-refractivity contribution >= 4 is 21.6 Å². The van der Waals surface area contributed by atoms with E-state index in [9.17, 15) is 13.2 Å². The zero-order valence-corrected chi connectivity index (χ0v) is 22.3. The van der Waals surface area contributed by atoms with Crippen molar-refractivity contribution in [3.05, 3.63) is 120 Å². The molecule has 0 aliphatic rings. The quantitative estimate of drug-likeness (QED) is 0.308. The fraction of sp³-hybridized carbons (Fsp3) is 0.167. The Labute approximate surface area is 223 Å². The number of hydrogen-bond acceptors (Lipinski definition) is 5. The van der Waals surface area contributed by atoms with Crippen molar-refractivity contribution in [1.82, 2.24) is 5.32 Å². The van der Waals surface area contributed by atoms with Crippen molar-refractivity contribution in [3.63, 3.8) is 0 Å². The molecular weight excluding hydrogens is 500 g/mol. The van der Waals surface area contributed by atoms with E-state index in [1.165, 1.54) is 26.4 Å². The van der Waals surface area contributed by atoms with E-state index >= 15 is 0 Å². The topological polar surface area (TPSA) is 84.9 Å². The van der Waals surface area contributed by atoms with E-state index in [1.807, 2.05) is 61.5 Å². The Balaban J connectivity index is 1.74. The van der Waals surface area contributed by atoms with Gasteiger partial charge in [-0.3, -0.25) is 9.10 Å². The minimum absolute atomic E-state index is 0.0517. The molecule has 196 valence electrons. The summed E-state index contributed by atoms with van der Waals surface area (Å²) in [6, 6.07) is 29.7. The maximum absolute atomic E-state index is 13.8. The maximum Gasteiger partial charge on any atom is 0.264 e. The average Bonchev–Trinajstić information content (AvgIpc) is 2.95. The molecule has 1 unspecified atom stereocenters. The van der Waals surface area contributed by atoms with E-state index in [0.717, 1.165) is 21.0 Å². The first-order chi connectivity index (χ1) is 18.3. The molecule has 0 fully saturated rings. The van der Waals surface area contributed by atoms with Crippen molar-refractivity contribution in [1.29, 1.82) is 0 Å². The van der Waals surface area contributed by atoms with Gasteiger partial charge < -0.3 is 14.8 Å². The number of hydrogen-bond donors (Lipinski definition) is 1. The molecule has 0 bridgehead atoms. The van der Waals surface area contributed by atoms with Crippen LogP contribution in [0, 0.1) is 6.92 Å². The number of benzene rings is 4. The standard InChI is InChI=1S/C30H30N2O5S/c1-22-14-16-24(17-15-22)30(23-10-6-4-7-11-23)31-29(33)21-32(38(34,35)26-12-8-5-9-13-26)27-20-25(36-2)18-19-28(27)37-3/h4-20,30H,21H2,1-3H3,(H,31,33). The molecule has 0 radical (unpaired) electrons. The van der Waals surface area contributed by atoms with Gasteiger partial charge in [0.2, 0.25) is 5.91 Å². The van der Waals surface area contributed by atoms with Gasteiger partial charge in [0.1, 0.15) is 18.0 Å². The number of methoxy groups -OCH3 is 2. The summed E-state index contributed by atoms with van der Waals surface area (Å²) in [5.74, 6) is 0.233. The van der Waals surface area contributed by atoms with Gasteiger partial charge in [-0.15, -0.1) is 0 Å². The minimum atomic E-state index is -4.14. The Morgan fingerprint density at radius 1 is 0.816 bits per heavy atom. The van der Waals surface area contributed by atoms with Crippen LogP contribution < -0.4 is 19.1 Å². The number of nitrogens with one attached hydrogen (secondary N) is 1. The van der Waals surface area contributed by atoms with Crippen LogP contribution in [0.5, 0.6) is 11.5 Å². The number of aryl methyl sites for hydroxylation is 1. The zero-order chi connectivity index (χ0) is 27.1. The van der Waals surface area contributed by atoms with E-state index in [1.54, 1.807) is 36.4 Å². The predicted molar refractivity (Wildman–Crippen MR) is 148 cm³/mol. The molecule has 0 heterocycles. The highest BCUT2D eigenvalue weighted by Gasteiger charge is 2.31. The molecule has 38 heavy (non-hydrogen) atoms. The fourth-order valence-electron chi connectivity index (χ4n) is 4.11. The van der Waals surface area contributed by atoms with Crippen molar-refractivity contribution in [2.24, 2.45) is 0 Å². The van der Waals surface area contributed by atoms with Gasteiger partial charge in [-0.05, 0) is 42.3 Å². The highest BCUT2D eigenvalue weighted by atomic mass is 32.2. The van der Waals surface area contributed by atoms with Crippen LogP contribution >= 0.6 is 0 Å². The lowest BCUT2D eigenvalue weighted by atomic mass is 9.98. The Kier molecular flexibility index (Phi) is 8.33. The molecule has 0 aromatic heterocycles. The third-order valence-electron chi connectivity index (χ3n) is 6.12. The summed E-state index contributed by atoms with van der Waals surface area (Å²) in [7, 11) is -1.21. The van der Waals surface area contributed by atoms with Crippen molar-refractivity contribution < 1.29 is 22.7 Å². The van der Waals surface area contributed by atoms with Crippen LogP contribution in [0.15, 0.2) is 108 Å². The van der Waals surface area contributed by atoms with E-state index in [0.29, 0.717) is 5.75 Å². The van der Waals surface area contributed by atoms with Crippen LogP contribution in [0.3, 0.4) is 0 Å². The number of carbonyl (C=O) groups is 1. The molecule has 1 N–H and O–H groups in total. The lowest BCUT2D eigenvalue weighted by Crippen LogP contribution is -2.42. The first kappa shape index (κ1) is 26.8. The monoisotopic (exact) mass is 530 g/mol. The normalized spacial score (nSPS) is 11.9. The summed E-state index contributed by atoms with van der Waals surface area (Å²) in [6.45, 7) is 1.52. The molecule has 1 amide bonds. The molecular formula is C30H30N2O5S. The Hall–Kier alpha value is -4.30. The first-order valence-electron chi connectivity index (χ1n) is 12.0. The summed E-state index contributed by atoms with van der Waals surface area (Å²) in [5, 5.41) is 3.04. The minimum Gasteiger partial charge on any atom is -0.497 e. The third-order valence-corrected chi connectivity index (χ3v) is 7.90. The van der Waals surface area contributed by atoms with Gasteiger partial charge in [-0.2, -0.15) is 0 Å². The maximum atomic E-state index is 13.8. The SMILES string of the molecule is COc1ccc(OC)c(N(CC(=O)NC(c2ccccc2)c2ccc(C)cc2)S(=O)(=O)c2ccccc2)c1. The molecule has 4 aromatic carbocycles. The van der Waals surface area contributed by atoms with E-state index in [4.69, 9.17) is 9.47 Å². The summed E-state index contributed by atoms with van der Waals surface area (Å²) < 4.78 is 39.6. The molecule has 7 nitrogen and oxygen atoms in total. The van der Waals surface area contributed by atoms with E-state index < -0.39 is 28.5 Å². The number of amides is 1. The number of nitrogens with zero attached hydrogens (tertiary/aromatic N) is 1. The first-order valence-corrected chi connectivity index (χ1v) is 13.5. The second kappa shape index (κ2) is 11.8. The van der Waals surface area contributed by atoms with Crippen molar-refractivity contribution in [2.75, 3.05) is 25.1 Å². The molecule has 4 aromatic rings.